The molecule has 0 bridgehead atoms. The molecule has 1 saturated carbocycles. The molecular weight excluding hydrogens is 404 g/mol. The highest BCUT2D eigenvalue weighted by atomic mass is 16.7. The van der Waals surface area contributed by atoms with Crippen molar-refractivity contribution in [2.75, 3.05) is 33.4 Å². The minimum atomic E-state index is -0.482. The Morgan fingerprint density at radius 2 is 1.50 bits per heavy atom. The number of nitrogens with one attached hydrogen (secondary N) is 2. The van der Waals surface area contributed by atoms with Gasteiger partial charge in [0.1, 0.15) is 5.78 Å². The summed E-state index contributed by atoms with van der Waals surface area (Å²) in [7, 11) is 1.91. The van der Waals surface area contributed by atoms with Gasteiger partial charge in [-0.1, -0.05) is 54.9 Å². The molecule has 192 valence electrons. The standard InChI is InChI=1S/C22H42N2O4.2C2H6/c1-18(16-21(3,4)17-19(2)25)15-20(26)24-12-14-28-22(27-13-11-23-5)9-7-6-8-10-22;2*1-2/h18,23H,6-17H2,1-5H3,(H,24,26);2*1-2H3. The minimum absolute atomic E-state index is 0.0449. The first-order chi connectivity index (χ1) is 15.2. The fourth-order valence-corrected chi connectivity index (χ4v) is 4.34. The third-order valence-corrected chi connectivity index (χ3v) is 5.28. The lowest BCUT2D eigenvalue weighted by Crippen LogP contribution is -2.42. The fourth-order valence-electron chi connectivity index (χ4n) is 4.34. The summed E-state index contributed by atoms with van der Waals surface area (Å²) in [6.07, 6.45) is 7.22. The maximum atomic E-state index is 12.2. The largest absolute Gasteiger partial charge is 0.354 e. The Morgan fingerprint density at radius 1 is 0.969 bits per heavy atom. The maximum Gasteiger partial charge on any atom is 0.220 e. The number of hydrogen-bond acceptors (Lipinski definition) is 5. The summed E-state index contributed by atoms with van der Waals surface area (Å²) in [4.78, 5) is 23.6. The Labute approximate surface area is 199 Å². The predicted molar refractivity (Wildman–Crippen MR) is 135 cm³/mol. The number of ketones is 1. The molecular formula is C26H54N2O4. The van der Waals surface area contributed by atoms with Gasteiger partial charge < -0.3 is 24.9 Å². The molecule has 0 aromatic carbocycles. The highest BCUT2D eigenvalue weighted by Crippen LogP contribution is 2.33. The molecule has 32 heavy (non-hydrogen) atoms. The minimum Gasteiger partial charge on any atom is -0.354 e. The van der Waals surface area contributed by atoms with E-state index < -0.39 is 5.79 Å². The summed E-state index contributed by atoms with van der Waals surface area (Å²) in [6, 6.07) is 0. The Balaban J connectivity index is 0. The van der Waals surface area contributed by atoms with Gasteiger partial charge in [-0.05, 0) is 44.6 Å². The summed E-state index contributed by atoms with van der Waals surface area (Å²) >= 11 is 0. The van der Waals surface area contributed by atoms with Gasteiger partial charge in [0, 0.05) is 38.8 Å². The summed E-state index contributed by atoms with van der Waals surface area (Å²) in [6.45, 7) is 18.3. The van der Waals surface area contributed by atoms with Crippen LogP contribution >= 0.6 is 0 Å². The average Bonchev–Trinajstić information content (AvgIpc) is 2.73. The fraction of sp³-hybridized carbons (Fsp3) is 0.923. The maximum absolute atomic E-state index is 12.2. The van der Waals surface area contributed by atoms with Crippen LogP contribution in [0.25, 0.3) is 0 Å². The first-order valence-corrected chi connectivity index (χ1v) is 12.9. The molecule has 0 saturated heterocycles. The lowest BCUT2D eigenvalue weighted by Gasteiger charge is -2.37. The van der Waals surface area contributed by atoms with E-state index in [1.165, 1.54) is 6.42 Å². The van der Waals surface area contributed by atoms with Crippen molar-refractivity contribution in [2.24, 2.45) is 11.3 Å². The van der Waals surface area contributed by atoms with Gasteiger partial charge in [-0.25, -0.2) is 0 Å². The zero-order valence-electron chi connectivity index (χ0n) is 22.7. The lowest BCUT2D eigenvalue weighted by molar-refractivity contribution is -0.250. The molecule has 1 aliphatic carbocycles. The van der Waals surface area contributed by atoms with Crippen LogP contribution in [0.3, 0.4) is 0 Å². The van der Waals surface area contributed by atoms with Gasteiger partial charge >= 0.3 is 0 Å². The number of hydrogen-bond donors (Lipinski definition) is 2. The Morgan fingerprint density at radius 3 is 2.00 bits per heavy atom. The average molecular weight is 459 g/mol. The molecule has 0 heterocycles. The van der Waals surface area contributed by atoms with E-state index in [2.05, 4.69) is 31.4 Å². The van der Waals surface area contributed by atoms with Crippen LogP contribution in [0.1, 0.15) is 107 Å². The first-order valence-electron chi connectivity index (χ1n) is 12.9. The van der Waals surface area contributed by atoms with Gasteiger partial charge in [0.15, 0.2) is 5.79 Å². The van der Waals surface area contributed by atoms with Crippen LogP contribution in [0.4, 0.5) is 0 Å². The van der Waals surface area contributed by atoms with Crippen molar-refractivity contribution in [1.82, 2.24) is 10.6 Å². The first kappa shape index (κ1) is 33.2. The molecule has 0 aromatic heterocycles. The van der Waals surface area contributed by atoms with E-state index in [-0.39, 0.29) is 23.0 Å². The molecule has 0 aliphatic heterocycles. The topological polar surface area (TPSA) is 76.7 Å². The van der Waals surface area contributed by atoms with Gasteiger partial charge in [0.05, 0.1) is 13.2 Å². The molecule has 2 N–H and O–H groups in total. The third-order valence-electron chi connectivity index (χ3n) is 5.28. The summed E-state index contributed by atoms with van der Waals surface area (Å²) in [5.74, 6) is 0.00448. The molecule has 0 aromatic rings. The van der Waals surface area contributed by atoms with Crippen LogP contribution in [0, 0.1) is 11.3 Å². The van der Waals surface area contributed by atoms with Gasteiger partial charge in [0.2, 0.25) is 5.91 Å². The second-order valence-corrected chi connectivity index (χ2v) is 9.18. The van der Waals surface area contributed by atoms with Gasteiger partial charge in [-0.2, -0.15) is 0 Å². The van der Waals surface area contributed by atoms with Crippen LogP contribution in [0.15, 0.2) is 0 Å². The van der Waals surface area contributed by atoms with Crippen LogP contribution in [0.5, 0.6) is 0 Å². The smallest absolute Gasteiger partial charge is 0.220 e. The summed E-state index contributed by atoms with van der Waals surface area (Å²) < 4.78 is 12.1. The summed E-state index contributed by atoms with van der Waals surface area (Å²) in [5, 5.41) is 6.06. The summed E-state index contributed by atoms with van der Waals surface area (Å²) in [5.41, 5.74) is -0.0628. The second-order valence-electron chi connectivity index (χ2n) is 9.18. The van der Waals surface area contributed by atoms with Crippen molar-refractivity contribution >= 4 is 11.7 Å². The third kappa shape index (κ3) is 16.6. The second kappa shape index (κ2) is 19.5. The molecule has 0 radical (unpaired) electrons. The van der Waals surface area contributed by atoms with E-state index in [1.54, 1.807) is 6.92 Å². The van der Waals surface area contributed by atoms with Crippen LogP contribution in [-0.4, -0.2) is 50.8 Å². The van der Waals surface area contributed by atoms with Crippen molar-refractivity contribution in [2.45, 2.75) is 113 Å². The molecule has 1 aliphatic rings. The van der Waals surface area contributed by atoms with Gasteiger partial charge in [-0.15, -0.1) is 0 Å². The Bertz CT molecular complexity index is 474. The Kier molecular flexibility index (Phi) is 20.2. The number of carbonyl (C=O) groups is 2. The van der Waals surface area contributed by atoms with E-state index in [9.17, 15) is 9.59 Å². The van der Waals surface area contributed by atoms with Crippen LogP contribution in [0.2, 0.25) is 0 Å². The van der Waals surface area contributed by atoms with Crippen LogP contribution < -0.4 is 10.6 Å². The van der Waals surface area contributed by atoms with E-state index in [0.717, 1.165) is 38.6 Å². The van der Waals surface area contributed by atoms with E-state index >= 15 is 0 Å². The van der Waals surface area contributed by atoms with Crippen molar-refractivity contribution < 1.29 is 19.1 Å². The molecule has 6 heteroatoms. The number of carbonyl (C=O) groups excluding carboxylic acids is 2. The number of Topliss-reactive ketones (excluding diaryl/α,β-unsaturated/α-hetero) is 1. The zero-order valence-corrected chi connectivity index (χ0v) is 22.7. The molecule has 1 atom stereocenters. The molecule has 1 fully saturated rings. The number of rotatable bonds is 14. The highest BCUT2D eigenvalue weighted by molar-refractivity contribution is 5.76. The van der Waals surface area contributed by atoms with Crippen molar-refractivity contribution in [1.29, 1.82) is 0 Å². The molecule has 1 unspecified atom stereocenters. The van der Waals surface area contributed by atoms with E-state index in [0.29, 0.717) is 32.6 Å². The highest BCUT2D eigenvalue weighted by Gasteiger charge is 2.33. The monoisotopic (exact) mass is 458 g/mol. The molecule has 1 amide bonds. The zero-order chi connectivity index (χ0) is 25.0. The van der Waals surface area contributed by atoms with Crippen LogP contribution in [-0.2, 0) is 19.1 Å². The lowest BCUT2D eigenvalue weighted by atomic mass is 9.78. The SMILES string of the molecule is CC.CC.CNCCOC1(OCCNC(=O)CC(C)CC(C)(C)CC(C)=O)CCCCC1. The predicted octanol–water partition coefficient (Wildman–Crippen LogP) is 5.49. The van der Waals surface area contributed by atoms with E-state index in [1.807, 2.05) is 34.7 Å². The van der Waals surface area contributed by atoms with Crippen molar-refractivity contribution in [3.05, 3.63) is 0 Å². The number of amides is 1. The number of ether oxygens (including phenoxy) is 2. The van der Waals surface area contributed by atoms with Gasteiger partial charge in [-0.3, -0.25) is 4.79 Å². The molecule has 6 nitrogen and oxygen atoms in total. The molecule has 0 spiro atoms. The molecule has 1 rings (SSSR count). The Hall–Kier alpha value is -0.980. The van der Waals surface area contributed by atoms with Gasteiger partial charge in [0.25, 0.3) is 0 Å². The van der Waals surface area contributed by atoms with E-state index in [4.69, 9.17) is 9.47 Å². The number of likely N-dealkylation sites (N-methyl/N-ethyl adjacent to an activating group) is 1. The quantitative estimate of drug-likeness (QED) is 0.266. The van der Waals surface area contributed by atoms with Crippen molar-refractivity contribution in [3.63, 3.8) is 0 Å². The normalized spacial score (nSPS) is 16.0. The van der Waals surface area contributed by atoms with Crippen molar-refractivity contribution in [3.8, 4) is 0 Å².